The minimum Gasteiger partial charge on any atom is -0.308 e. The molecule has 0 atom stereocenters. The van der Waals surface area contributed by atoms with Crippen molar-refractivity contribution in [1.29, 1.82) is 0 Å². The van der Waals surface area contributed by atoms with Gasteiger partial charge in [-0.25, -0.2) is 9.38 Å². The predicted octanol–water partition coefficient (Wildman–Crippen LogP) is 2.19. The van der Waals surface area contributed by atoms with Crippen LogP contribution in [0.2, 0.25) is 0 Å². The Bertz CT molecular complexity index is 1290. The first-order chi connectivity index (χ1) is 12.2. The molecule has 1 aliphatic rings. The number of carbonyl (C=O) groups excluding carboxylic acids is 1. The van der Waals surface area contributed by atoms with Crippen LogP contribution in [-0.4, -0.2) is 21.8 Å². The van der Waals surface area contributed by atoms with Gasteiger partial charge >= 0.3 is 0 Å². The second kappa shape index (κ2) is 5.00. The van der Waals surface area contributed by atoms with Crippen LogP contribution in [0.1, 0.15) is 12.5 Å². The van der Waals surface area contributed by atoms with E-state index >= 15 is 0 Å². The third kappa shape index (κ3) is 1.80. The molecule has 0 bridgehead atoms. The molecule has 0 saturated heterocycles. The zero-order valence-electron chi connectivity index (χ0n) is 13.4. The Morgan fingerprint density at radius 1 is 1.04 bits per heavy atom. The van der Waals surface area contributed by atoms with Gasteiger partial charge < -0.3 is 4.90 Å². The van der Waals surface area contributed by atoms with Crippen LogP contribution in [0.25, 0.3) is 21.6 Å². The number of carbonyl (C=O) groups is 1. The third-order valence-corrected chi connectivity index (χ3v) is 5.63. The molecule has 1 aliphatic heterocycles. The highest BCUT2D eigenvalue weighted by molar-refractivity contribution is 7.15. The fourth-order valence-electron chi connectivity index (χ4n) is 3.48. The summed E-state index contributed by atoms with van der Waals surface area (Å²) in [6.45, 7) is 2.50. The fourth-order valence-corrected chi connectivity index (χ4v) is 4.55. The number of benzene rings is 2. The number of amides is 1. The highest BCUT2D eigenvalue weighted by Gasteiger charge is 2.33. The Morgan fingerprint density at radius 3 is 2.64 bits per heavy atom. The summed E-state index contributed by atoms with van der Waals surface area (Å²) >= 11 is 1.28. The SMILES string of the molecule is CCN1C(=O)/C(=c2\sc3nc4ccccc4n3c2=O)c2ccccc21. The Balaban J connectivity index is 1.94. The summed E-state index contributed by atoms with van der Waals surface area (Å²) in [4.78, 5) is 32.9. The van der Waals surface area contributed by atoms with Crippen LogP contribution in [0.5, 0.6) is 0 Å². The molecule has 122 valence electrons. The van der Waals surface area contributed by atoms with Gasteiger partial charge in [0.05, 0.1) is 22.3 Å². The summed E-state index contributed by atoms with van der Waals surface area (Å²) in [5, 5.41) is 0. The van der Waals surface area contributed by atoms with Crippen molar-refractivity contribution in [2.75, 3.05) is 11.4 Å². The third-order valence-electron chi connectivity index (χ3n) is 4.59. The number of fused-ring (bicyclic) bond motifs is 4. The molecule has 25 heavy (non-hydrogen) atoms. The lowest BCUT2D eigenvalue weighted by molar-refractivity contribution is -0.113. The van der Waals surface area contributed by atoms with E-state index in [9.17, 15) is 9.59 Å². The van der Waals surface area contributed by atoms with Crippen molar-refractivity contribution in [2.45, 2.75) is 6.92 Å². The molecule has 3 heterocycles. The van der Waals surface area contributed by atoms with Gasteiger partial charge in [-0.2, -0.15) is 0 Å². The van der Waals surface area contributed by atoms with Crippen molar-refractivity contribution in [3.05, 3.63) is 69.0 Å². The van der Waals surface area contributed by atoms with Crippen molar-refractivity contribution >= 4 is 44.5 Å². The summed E-state index contributed by atoms with van der Waals surface area (Å²) in [7, 11) is 0. The van der Waals surface area contributed by atoms with Crippen molar-refractivity contribution in [3.63, 3.8) is 0 Å². The number of hydrogen-bond donors (Lipinski definition) is 0. The van der Waals surface area contributed by atoms with Crippen LogP contribution in [0.4, 0.5) is 5.69 Å². The average Bonchev–Trinajstić information content (AvgIpc) is 3.23. The molecular formula is C19H13N3O2S. The second-order valence-corrected chi connectivity index (χ2v) is 6.87. The zero-order valence-corrected chi connectivity index (χ0v) is 14.2. The van der Waals surface area contributed by atoms with Gasteiger partial charge in [0, 0.05) is 12.1 Å². The van der Waals surface area contributed by atoms with Gasteiger partial charge in [-0.3, -0.25) is 9.59 Å². The van der Waals surface area contributed by atoms with Crippen molar-refractivity contribution < 1.29 is 4.79 Å². The molecule has 1 amide bonds. The van der Waals surface area contributed by atoms with Crippen LogP contribution in [0, 0.1) is 0 Å². The zero-order chi connectivity index (χ0) is 17.1. The molecule has 0 unspecified atom stereocenters. The molecule has 2 aromatic heterocycles. The van der Waals surface area contributed by atoms with Gasteiger partial charge in [0.1, 0.15) is 4.53 Å². The number of rotatable bonds is 1. The van der Waals surface area contributed by atoms with Gasteiger partial charge in [0.25, 0.3) is 11.5 Å². The van der Waals surface area contributed by atoms with E-state index in [1.807, 2.05) is 55.5 Å². The van der Waals surface area contributed by atoms with Gasteiger partial charge in [0.15, 0.2) is 4.96 Å². The Kier molecular flexibility index (Phi) is 2.87. The molecule has 0 N–H and O–H groups in total. The molecule has 6 heteroatoms. The molecule has 0 fully saturated rings. The maximum absolute atomic E-state index is 13.1. The molecular weight excluding hydrogens is 334 g/mol. The largest absolute Gasteiger partial charge is 0.308 e. The lowest BCUT2D eigenvalue weighted by Crippen LogP contribution is -2.32. The van der Waals surface area contributed by atoms with E-state index in [0.29, 0.717) is 21.6 Å². The van der Waals surface area contributed by atoms with E-state index in [4.69, 9.17) is 0 Å². The number of likely N-dealkylation sites (N-methyl/N-ethyl adjacent to an activating group) is 1. The van der Waals surface area contributed by atoms with E-state index in [0.717, 1.165) is 22.3 Å². The summed E-state index contributed by atoms with van der Waals surface area (Å²) in [5.74, 6) is -0.116. The molecule has 5 nitrogen and oxygen atoms in total. The number of thiazole rings is 1. The summed E-state index contributed by atoms with van der Waals surface area (Å²) in [6, 6.07) is 15.2. The quantitative estimate of drug-likeness (QED) is 0.530. The first-order valence-electron chi connectivity index (χ1n) is 8.06. The van der Waals surface area contributed by atoms with Gasteiger partial charge in [-0.05, 0) is 25.1 Å². The minimum absolute atomic E-state index is 0.116. The summed E-state index contributed by atoms with van der Waals surface area (Å²) in [5.41, 5.74) is 3.56. The van der Waals surface area contributed by atoms with Crippen LogP contribution >= 0.6 is 11.3 Å². The molecule has 0 saturated carbocycles. The van der Waals surface area contributed by atoms with Crippen LogP contribution in [0.3, 0.4) is 0 Å². The van der Waals surface area contributed by atoms with Gasteiger partial charge in [-0.1, -0.05) is 41.7 Å². The molecule has 0 radical (unpaired) electrons. The first kappa shape index (κ1) is 14.4. The normalized spacial score (nSPS) is 16.2. The Labute approximate surface area is 146 Å². The number of para-hydroxylation sites is 3. The number of anilines is 1. The standard InChI is InChI=1S/C19H13N3O2S/c1-2-21-13-9-5-3-7-11(13)15(17(21)23)16-18(24)22-14-10-6-4-8-12(14)20-19(22)25-16/h3-10H,2H2,1H3/b16-15-. The van der Waals surface area contributed by atoms with Crippen molar-refractivity contribution in [3.8, 4) is 0 Å². The highest BCUT2D eigenvalue weighted by atomic mass is 32.1. The van der Waals surface area contributed by atoms with Gasteiger partial charge in [0.2, 0.25) is 0 Å². The lowest BCUT2D eigenvalue weighted by Gasteiger charge is -2.13. The molecule has 4 aromatic rings. The van der Waals surface area contributed by atoms with E-state index in [1.165, 1.54) is 11.3 Å². The number of nitrogens with zero attached hydrogens (tertiary/aromatic N) is 3. The summed E-state index contributed by atoms with van der Waals surface area (Å²) in [6.07, 6.45) is 0. The van der Waals surface area contributed by atoms with E-state index in [1.54, 1.807) is 9.30 Å². The summed E-state index contributed by atoms with van der Waals surface area (Å²) < 4.78 is 2.06. The lowest BCUT2D eigenvalue weighted by atomic mass is 10.1. The number of aromatic nitrogens is 2. The topological polar surface area (TPSA) is 54.7 Å². The number of hydrogen-bond acceptors (Lipinski definition) is 4. The van der Waals surface area contributed by atoms with Crippen LogP contribution < -0.4 is 15.0 Å². The number of imidazole rings is 1. The minimum atomic E-state index is -0.176. The second-order valence-electron chi connectivity index (χ2n) is 5.90. The highest BCUT2D eigenvalue weighted by Crippen LogP contribution is 2.34. The molecule has 0 aliphatic carbocycles. The van der Waals surface area contributed by atoms with E-state index < -0.39 is 0 Å². The average molecular weight is 347 g/mol. The van der Waals surface area contributed by atoms with Crippen molar-refractivity contribution in [1.82, 2.24) is 9.38 Å². The molecule has 0 spiro atoms. The molecule has 5 rings (SSSR count). The maximum Gasteiger partial charge on any atom is 0.275 e. The smallest absolute Gasteiger partial charge is 0.275 e. The van der Waals surface area contributed by atoms with E-state index in [-0.39, 0.29) is 11.5 Å². The maximum atomic E-state index is 13.1. The first-order valence-corrected chi connectivity index (χ1v) is 8.88. The van der Waals surface area contributed by atoms with Gasteiger partial charge in [-0.15, -0.1) is 0 Å². The Hall–Kier alpha value is -2.99. The van der Waals surface area contributed by atoms with E-state index in [2.05, 4.69) is 4.98 Å². The molecule has 2 aromatic carbocycles. The monoisotopic (exact) mass is 347 g/mol. The van der Waals surface area contributed by atoms with Crippen molar-refractivity contribution in [2.24, 2.45) is 0 Å². The van der Waals surface area contributed by atoms with Crippen LogP contribution in [0.15, 0.2) is 53.3 Å². The van der Waals surface area contributed by atoms with Crippen LogP contribution in [-0.2, 0) is 4.79 Å². The predicted molar refractivity (Wildman–Crippen MR) is 99.0 cm³/mol. The fraction of sp³-hybridized carbons (Fsp3) is 0.105. The Morgan fingerprint density at radius 2 is 1.80 bits per heavy atom.